The summed E-state index contributed by atoms with van der Waals surface area (Å²) in [7, 11) is 0. The van der Waals surface area contributed by atoms with E-state index >= 15 is 0 Å². The number of rotatable bonds is 2. The molecule has 0 fully saturated rings. The topological polar surface area (TPSA) is 13.1 Å². The summed E-state index contributed by atoms with van der Waals surface area (Å²) < 4.78 is 6.79. The zero-order valence-electron chi connectivity index (χ0n) is 11.8. The number of benzene rings is 3. The van der Waals surface area contributed by atoms with Crippen molar-refractivity contribution in [3.05, 3.63) is 83.5 Å². The summed E-state index contributed by atoms with van der Waals surface area (Å²) >= 11 is 3.48. The van der Waals surface area contributed by atoms with Crippen molar-refractivity contribution in [2.24, 2.45) is 0 Å². The van der Waals surface area contributed by atoms with Crippen molar-refractivity contribution >= 4 is 26.9 Å². The molecular formula is C20H13BrO. The molecule has 1 heterocycles. The molecule has 2 heteroatoms. The molecule has 0 atom stereocenters. The fourth-order valence-electron chi connectivity index (χ4n) is 2.69. The van der Waals surface area contributed by atoms with Crippen molar-refractivity contribution in [1.29, 1.82) is 0 Å². The summed E-state index contributed by atoms with van der Waals surface area (Å²) in [6.45, 7) is 0. The molecular weight excluding hydrogens is 336 g/mol. The monoisotopic (exact) mass is 348 g/mol. The van der Waals surface area contributed by atoms with Crippen LogP contribution >= 0.6 is 15.9 Å². The smallest absolute Gasteiger partial charge is 0.134 e. The lowest BCUT2D eigenvalue weighted by atomic mass is 10.00. The summed E-state index contributed by atoms with van der Waals surface area (Å²) in [5, 5.41) is 1.15. The Morgan fingerprint density at radius 3 is 2.18 bits per heavy atom. The van der Waals surface area contributed by atoms with Gasteiger partial charge in [-0.2, -0.15) is 0 Å². The molecule has 0 bridgehead atoms. The van der Waals surface area contributed by atoms with Gasteiger partial charge in [-0.3, -0.25) is 0 Å². The summed E-state index contributed by atoms with van der Waals surface area (Å²) in [4.78, 5) is 0. The first kappa shape index (κ1) is 13.4. The Labute approximate surface area is 137 Å². The lowest BCUT2D eigenvalue weighted by Gasteiger charge is -2.03. The quantitative estimate of drug-likeness (QED) is 0.401. The molecule has 0 aliphatic carbocycles. The molecule has 0 aliphatic rings. The van der Waals surface area contributed by atoms with Gasteiger partial charge >= 0.3 is 0 Å². The summed E-state index contributed by atoms with van der Waals surface area (Å²) in [6, 6.07) is 25.0. The van der Waals surface area contributed by atoms with Gasteiger partial charge < -0.3 is 4.42 Å². The van der Waals surface area contributed by atoms with Crippen LogP contribution in [0.25, 0.3) is 33.2 Å². The molecule has 1 aromatic heterocycles. The molecule has 3 aromatic carbocycles. The summed E-state index contributed by atoms with van der Waals surface area (Å²) in [5.74, 6) is 0. The standard InChI is InChI=1S/C20H13BrO/c21-17-9-6-14(7-10-17)16-8-11-20-18(12-16)19(13-22-20)15-4-2-1-3-5-15/h1-13H. The Balaban J connectivity index is 1.88. The molecule has 0 aliphatic heterocycles. The van der Waals surface area contributed by atoms with E-state index in [4.69, 9.17) is 4.42 Å². The molecule has 4 rings (SSSR count). The maximum Gasteiger partial charge on any atom is 0.134 e. The molecule has 0 saturated heterocycles. The molecule has 4 aromatic rings. The Kier molecular flexibility index (Phi) is 3.32. The van der Waals surface area contributed by atoms with Crippen molar-refractivity contribution in [2.75, 3.05) is 0 Å². The zero-order valence-corrected chi connectivity index (χ0v) is 13.4. The Morgan fingerprint density at radius 1 is 0.682 bits per heavy atom. The molecule has 0 amide bonds. The maximum atomic E-state index is 5.71. The molecule has 0 N–H and O–H groups in total. The van der Waals surface area contributed by atoms with Crippen molar-refractivity contribution in [2.45, 2.75) is 0 Å². The van der Waals surface area contributed by atoms with Crippen molar-refractivity contribution in [3.63, 3.8) is 0 Å². The second-order valence-corrected chi connectivity index (χ2v) is 6.15. The first-order valence-corrected chi connectivity index (χ1v) is 7.93. The van der Waals surface area contributed by atoms with Gasteiger partial charge in [-0.1, -0.05) is 64.5 Å². The van der Waals surface area contributed by atoms with E-state index < -0.39 is 0 Å². The highest BCUT2D eigenvalue weighted by molar-refractivity contribution is 9.10. The van der Waals surface area contributed by atoms with Crippen LogP contribution in [0.15, 0.2) is 87.9 Å². The van der Waals surface area contributed by atoms with Crippen LogP contribution in [-0.4, -0.2) is 0 Å². The van der Waals surface area contributed by atoms with E-state index in [9.17, 15) is 0 Å². The lowest BCUT2D eigenvalue weighted by molar-refractivity contribution is 0.617. The molecule has 0 unspecified atom stereocenters. The highest BCUT2D eigenvalue weighted by Gasteiger charge is 2.09. The molecule has 22 heavy (non-hydrogen) atoms. The highest BCUT2D eigenvalue weighted by Crippen LogP contribution is 2.33. The van der Waals surface area contributed by atoms with Gasteiger partial charge in [0.15, 0.2) is 0 Å². The van der Waals surface area contributed by atoms with Crippen LogP contribution in [0.5, 0.6) is 0 Å². The SMILES string of the molecule is Brc1ccc(-c2ccc3occ(-c4ccccc4)c3c2)cc1. The largest absolute Gasteiger partial charge is 0.464 e. The van der Waals surface area contributed by atoms with Crippen LogP contribution in [0.4, 0.5) is 0 Å². The number of hydrogen-bond acceptors (Lipinski definition) is 1. The number of halogens is 1. The van der Waals surface area contributed by atoms with Gasteiger partial charge in [-0.15, -0.1) is 0 Å². The van der Waals surface area contributed by atoms with E-state index in [1.165, 1.54) is 16.7 Å². The maximum absolute atomic E-state index is 5.71. The van der Waals surface area contributed by atoms with E-state index in [-0.39, 0.29) is 0 Å². The highest BCUT2D eigenvalue weighted by atomic mass is 79.9. The summed E-state index contributed by atoms with van der Waals surface area (Å²) in [6.07, 6.45) is 1.84. The first-order chi connectivity index (χ1) is 10.8. The van der Waals surface area contributed by atoms with E-state index in [1.807, 2.05) is 30.5 Å². The van der Waals surface area contributed by atoms with Gasteiger partial charge in [-0.25, -0.2) is 0 Å². The van der Waals surface area contributed by atoms with Crippen LogP contribution in [0.2, 0.25) is 0 Å². The van der Waals surface area contributed by atoms with Crippen LogP contribution in [0.1, 0.15) is 0 Å². The van der Waals surface area contributed by atoms with Crippen LogP contribution < -0.4 is 0 Å². The van der Waals surface area contributed by atoms with Gasteiger partial charge in [0.05, 0.1) is 6.26 Å². The average Bonchev–Trinajstić information content (AvgIpc) is 2.99. The lowest BCUT2D eigenvalue weighted by Crippen LogP contribution is -1.79. The van der Waals surface area contributed by atoms with E-state index in [2.05, 4.69) is 64.5 Å². The van der Waals surface area contributed by atoms with Gasteiger partial charge in [0.2, 0.25) is 0 Å². The fourth-order valence-corrected chi connectivity index (χ4v) is 2.96. The predicted molar refractivity (Wildman–Crippen MR) is 94.8 cm³/mol. The molecule has 0 radical (unpaired) electrons. The van der Waals surface area contributed by atoms with Gasteiger partial charge in [0.25, 0.3) is 0 Å². The summed E-state index contributed by atoms with van der Waals surface area (Å²) in [5.41, 5.74) is 5.62. The molecule has 0 saturated carbocycles. The Bertz CT molecular complexity index is 921. The van der Waals surface area contributed by atoms with E-state index in [0.29, 0.717) is 0 Å². The second-order valence-electron chi connectivity index (χ2n) is 5.23. The molecule has 1 nitrogen and oxygen atoms in total. The third-order valence-corrected chi connectivity index (χ3v) is 4.36. The van der Waals surface area contributed by atoms with Crippen LogP contribution in [0, 0.1) is 0 Å². The Hall–Kier alpha value is -2.32. The van der Waals surface area contributed by atoms with Crippen molar-refractivity contribution in [3.8, 4) is 22.3 Å². The average molecular weight is 349 g/mol. The Morgan fingerprint density at radius 2 is 1.41 bits per heavy atom. The predicted octanol–water partition coefficient (Wildman–Crippen LogP) is 6.53. The number of fused-ring (bicyclic) bond motifs is 1. The van der Waals surface area contributed by atoms with Gasteiger partial charge in [-0.05, 0) is 41.0 Å². The minimum Gasteiger partial charge on any atom is -0.464 e. The second kappa shape index (κ2) is 5.47. The van der Waals surface area contributed by atoms with E-state index in [1.54, 1.807) is 0 Å². The number of furan rings is 1. The van der Waals surface area contributed by atoms with Crippen LogP contribution in [0.3, 0.4) is 0 Å². The fraction of sp³-hybridized carbons (Fsp3) is 0. The zero-order chi connectivity index (χ0) is 14.9. The minimum absolute atomic E-state index is 0.916. The van der Waals surface area contributed by atoms with Crippen LogP contribution in [-0.2, 0) is 0 Å². The third kappa shape index (κ3) is 2.36. The third-order valence-electron chi connectivity index (χ3n) is 3.84. The normalized spacial score (nSPS) is 11.0. The van der Waals surface area contributed by atoms with Crippen molar-refractivity contribution < 1.29 is 4.42 Å². The first-order valence-electron chi connectivity index (χ1n) is 7.14. The molecule has 106 valence electrons. The molecule has 0 spiro atoms. The van der Waals surface area contributed by atoms with Gasteiger partial charge in [0.1, 0.15) is 5.58 Å². The minimum atomic E-state index is 0.916. The van der Waals surface area contributed by atoms with E-state index in [0.717, 1.165) is 21.0 Å². The number of hydrogen-bond donors (Lipinski definition) is 0. The van der Waals surface area contributed by atoms with Gasteiger partial charge in [0, 0.05) is 15.4 Å². The van der Waals surface area contributed by atoms with Crippen molar-refractivity contribution in [1.82, 2.24) is 0 Å².